The third-order valence-electron chi connectivity index (χ3n) is 7.39. The molecule has 0 saturated heterocycles. The molecule has 0 radical (unpaired) electrons. The summed E-state index contributed by atoms with van der Waals surface area (Å²) in [6.07, 6.45) is 0. The Kier molecular flexibility index (Phi) is 7.69. The molecular weight excluding hydrogens is 444 g/mol. The van der Waals surface area contributed by atoms with Crippen LogP contribution in [-0.2, 0) is 5.41 Å². The van der Waals surface area contributed by atoms with Gasteiger partial charge in [-0.25, -0.2) is 0 Å². The Morgan fingerprint density at radius 3 is 1.65 bits per heavy atom. The molecule has 1 aliphatic carbocycles. The van der Waals surface area contributed by atoms with Crippen LogP contribution in [0.3, 0.4) is 0 Å². The normalized spacial score (nSPS) is 12.5. The van der Waals surface area contributed by atoms with E-state index in [1.54, 1.807) is 0 Å². The summed E-state index contributed by atoms with van der Waals surface area (Å²) in [6, 6.07) is 36.2. The lowest BCUT2D eigenvalue weighted by Gasteiger charge is -2.22. The summed E-state index contributed by atoms with van der Waals surface area (Å²) in [5.41, 5.74) is 5.66. The lowest BCUT2D eigenvalue weighted by atomic mass is 9.81. The Morgan fingerprint density at radius 2 is 0.946 bits per heavy atom. The summed E-state index contributed by atoms with van der Waals surface area (Å²) in [5, 5.41) is 10.6. The summed E-state index contributed by atoms with van der Waals surface area (Å²) in [6.45, 7) is 16.8. The first-order valence-corrected chi connectivity index (χ1v) is 14.0. The van der Waals surface area contributed by atoms with E-state index in [4.69, 9.17) is 0 Å². The summed E-state index contributed by atoms with van der Waals surface area (Å²) in [4.78, 5) is 0. The van der Waals surface area contributed by atoms with Gasteiger partial charge in [0, 0.05) is 5.41 Å². The highest BCUT2D eigenvalue weighted by Gasteiger charge is 2.36. The Balaban J connectivity index is 0.000000500. The third kappa shape index (κ3) is 4.19. The van der Waals surface area contributed by atoms with Crippen LogP contribution in [0.2, 0.25) is 0 Å². The second kappa shape index (κ2) is 10.8. The predicted molar refractivity (Wildman–Crippen MR) is 168 cm³/mol. The van der Waals surface area contributed by atoms with Crippen LogP contribution >= 0.6 is 0 Å². The average Bonchev–Trinajstić information content (AvgIpc) is 3.20. The Bertz CT molecular complexity index is 1700. The first kappa shape index (κ1) is 26.4. The molecule has 0 aliphatic heterocycles. The molecule has 0 fully saturated rings. The van der Waals surface area contributed by atoms with E-state index in [0.717, 1.165) is 0 Å². The van der Waals surface area contributed by atoms with Crippen molar-refractivity contribution in [1.29, 1.82) is 0 Å². The maximum atomic E-state index is 2.46. The van der Waals surface area contributed by atoms with E-state index in [1.807, 2.05) is 41.5 Å². The van der Waals surface area contributed by atoms with Crippen molar-refractivity contribution in [3.63, 3.8) is 0 Å². The molecule has 0 unspecified atom stereocenters. The first-order chi connectivity index (χ1) is 18.1. The van der Waals surface area contributed by atoms with Crippen molar-refractivity contribution >= 4 is 43.1 Å². The van der Waals surface area contributed by atoms with Gasteiger partial charge in [0.2, 0.25) is 0 Å². The largest absolute Gasteiger partial charge is 0.0683 e. The molecule has 6 aromatic carbocycles. The van der Waals surface area contributed by atoms with E-state index in [9.17, 15) is 0 Å². The van der Waals surface area contributed by atoms with Crippen LogP contribution in [0.15, 0.2) is 97.1 Å². The zero-order valence-electron chi connectivity index (χ0n) is 23.7. The predicted octanol–water partition coefficient (Wildman–Crippen LogP) is 11.7. The minimum atomic E-state index is -0.0182. The van der Waals surface area contributed by atoms with Crippen molar-refractivity contribution in [2.75, 3.05) is 0 Å². The van der Waals surface area contributed by atoms with Crippen molar-refractivity contribution in [3.8, 4) is 11.1 Å². The fourth-order valence-corrected chi connectivity index (χ4v) is 5.75. The molecule has 188 valence electrons. The van der Waals surface area contributed by atoms with Crippen LogP contribution in [0.5, 0.6) is 0 Å². The standard InChI is InChI=1S/C31H22.3C2H6/c1-31(2)28-14-13-22-15-20-8-3-4-9-21(20)16-26(22)30(28)27-17-23-12-11-19-7-5-6-10-24(19)25(23)18-29(27)31;3*1-2/h3-18H,1-2H3;3*1-2H3. The molecule has 0 saturated carbocycles. The van der Waals surface area contributed by atoms with Crippen molar-refractivity contribution < 1.29 is 0 Å². The molecule has 0 heterocycles. The molecule has 37 heavy (non-hydrogen) atoms. The number of hydrogen-bond donors (Lipinski definition) is 0. The number of benzene rings is 6. The van der Waals surface area contributed by atoms with E-state index in [-0.39, 0.29) is 5.41 Å². The van der Waals surface area contributed by atoms with Crippen LogP contribution in [0, 0.1) is 0 Å². The van der Waals surface area contributed by atoms with Gasteiger partial charge in [-0.2, -0.15) is 0 Å². The second-order valence-electron chi connectivity index (χ2n) is 9.44. The lowest BCUT2D eigenvalue weighted by molar-refractivity contribution is 0.662. The van der Waals surface area contributed by atoms with Crippen LogP contribution in [0.1, 0.15) is 66.5 Å². The van der Waals surface area contributed by atoms with Crippen LogP contribution < -0.4 is 0 Å². The molecule has 1 aliphatic rings. The van der Waals surface area contributed by atoms with Gasteiger partial charge in [0.15, 0.2) is 0 Å². The van der Waals surface area contributed by atoms with E-state index in [2.05, 4.69) is 111 Å². The highest BCUT2D eigenvalue weighted by Crippen LogP contribution is 2.53. The zero-order chi connectivity index (χ0) is 26.7. The maximum Gasteiger partial charge on any atom is 0.0159 e. The number of hydrogen-bond acceptors (Lipinski definition) is 0. The monoisotopic (exact) mass is 484 g/mol. The molecule has 0 spiro atoms. The third-order valence-corrected chi connectivity index (χ3v) is 7.39. The molecule has 7 rings (SSSR count). The minimum absolute atomic E-state index is 0.0182. The van der Waals surface area contributed by atoms with Gasteiger partial charge < -0.3 is 0 Å². The molecule has 0 amide bonds. The van der Waals surface area contributed by atoms with Gasteiger partial charge in [-0.3, -0.25) is 0 Å². The molecular formula is C37H40. The molecule has 6 aromatic rings. The highest BCUT2D eigenvalue weighted by molar-refractivity contribution is 6.13. The lowest BCUT2D eigenvalue weighted by Crippen LogP contribution is -2.14. The smallest absolute Gasteiger partial charge is 0.0159 e. The molecule has 0 heteroatoms. The zero-order valence-corrected chi connectivity index (χ0v) is 23.7. The van der Waals surface area contributed by atoms with Crippen LogP contribution in [-0.4, -0.2) is 0 Å². The Labute approximate surface area is 223 Å². The maximum absolute atomic E-state index is 2.46. The highest BCUT2D eigenvalue weighted by atomic mass is 14.4. The first-order valence-electron chi connectivity index (χ1n) is 14.0. The van der Waals surface area contributed by atoms with Gasteiger partial charge >= 0.3 is 0 Å². The van der Waals surface area contributed by atoms with Gasteiger partial charge in [0.1, 0.15) is 0 Å². The van der Waals surface area contributed by atoms with E-state index >= 15 is 0 Å². The number of fused-ring (bicyclic) bond motifs is 9. The van der Waals surface area contributed by atoms with Crippen LogP contribution in [0.4, 0.5) is 0 Å². The molecule has 0 N–H and O–H groups in total. The van der Waals surface area contributed by atoms with Crippen molar-refractivity contribution in [2.24, 2.45) is 0 Å². The van der Waals surface area contributed by atoms with Gasteiger partial charge in [0.25, 0.3) is 0 Å². The van der Waals surface area contributed by atoms with Crippen LogP contribution in [0.25, 0.3) is 54.2 Å². The topological polar surface area (TPSA) is 0 Å². The summed E-state index contributed by atoms with van der Waals surface area (Å²) >= 11 is 0. The van der Waals surface area contributed by atoms with Crippen molar-refractivity contribution in [1.82, 2.24) is 0 Å². The van der Waals surface area contributed by atoms with E-state index in [1.165, 1.54) is 65.3 Å². The fraction of sp³-hybridized carbons (Fsp3) is 0.243. The SMILES string of the molecule is CC.CC.CC.CC1(C)c2cc3c(ccc4ccccc43)cc2-c2c1ccc1cc3ccccc3cc21. The van der Waals surface area contributed by atoms with Gasteiger partial charge in [-0.1, -0.05) is 128 Å². The van der Waals surface area contributed by atoms with E-state index < -0.39 is 0 Å². The summed E-state index contributed by atoms with van der Waals surface area (Å²) in [5.74, 6) is 0. The summed E-state index contributed by atoms with van der Waals surface area (Å²) < 4.78 is 0. The fourth-order valence-electron chi connectivity index (χ4n) is 5.75. The molecule has 0 bridgehead atoms. The molecule has 0 atom stereocenters. The average molecular weight is 485 g/mol. The molecule has 0 nitrogen and oxygen atoms in total. The quantitative estimate of drug-likeness (QED) is 0.148. The van der Waals surface area contributed by atoms with Gasteiger partial charge in [-0.05, 0) is 89.6 Å². The van der Waals surface area contributed by atoms with Crippen molar-refractivity contribution in [2.45, 2.75) is 60.8 Å². The van der Waals surface area contributed by atoms with Gasteiger partial charge in [-0.15, -0.1) is 0 Å². The Hall–Kier alpha value is -3.64. The Morgan fingerprint density at radius 1 is 0.405 bits per heavy atom. The molecule has 0 aromatic heterocycles. The van der Waals surface area contributed by atoms with Crippen molar-refractivity contribution in [3.05, 3.63) is 108 Å². The minimum Gasteiger partial charge on any atom is -0.0683 e. The second-order valence-corrected chi connectivity index (χ2v) is 9.44. The number of rotatable bonds is 0. The van der Waals surface area contributed by atoms with Gasteiger partial charge in [0.05, 0.1) is 0 Å². The van der Waals surface area contributed by atoms with E-state index in [0.29, 0.717) is 0 Å². The summed E-state index contributed by atoms with van der Waals surface area (Å²) in [7, 11) is 0.